The van der Waals surface area contributed by atoms with Gasteiger partial charge in [-0.1, -0.05) is 13.8 Å². The number of halogens is 2. The molecule has 1 heterocycles. The van der Waals surface area contributed by atoms with E-state index in [2.05, 4.69) is 57.1 Å². The van der Waals surface area contributed by atoms with E-state index in [0.717, 1.165) is 27.9 Å². The molecule has 1 aliphatic heterocycles. The third kappa shape index (κ3) is 3.37. The molecule has 1 aromatic carbocycles. The Morgan fingerprint density at radius 1 is 1.21 bits per heavy atom. The molecule has 0 spiro atoms. The van der Waals surface area contributed by atoms with Crippen LogP contribution in [0.15, 0.2) is 37.6 Å². The molecule has 28 heavy (non-hydrogen) atoms. The quantitative estimate of drug-likeness (QED) is 0.594. The molecule has 1 N–H and O–H groups in total. The molecule has 1 aliphatic carbocycles. The van der Waals surface area contributed by atoms with E-state index in [-0.39, 0.29) is 11.2 Å². The van der Waals surface area contributed by atoms with Crippen molar-refractivity contribution in [1.29, 1.82) is 5.26 Å². The number of ether oxygens (including phenoxy) is 2. The number of hydrogen-bond acceptors (Lipinski definition) is 5. The average molecular weight is 510 g/mol. The molecule has 0 aromatic heterocycles. The first kappa shape index (κ1) is 20.9. The number of hydrogen-bond donors (Lipinski definition) is 1. The van der Waals surface area contributed by atoms with Crippen LogP contribution in [0.4, 0.5) is 0 Å². The first-order valence-corrected chi connectivity index (χ1v) is 10.5. The van der Waals surface area contributed by atoms with Crippen LogP contribution >= 0.6 is 31.9 Å². The zero-order chi connectivity index (χ0) is 20.8. The second-order valence-electron chi connectivity index (χ2n) is 7.87. The molecule has 1 atom stereocenters. The van der Waals surface area contributed by atoms with Crippen LogP contribution in [0.2, 0.25) is 0 Å². The van der Waals surface area contributed by atoms with Crippen LogP contribution in [-0.2, 0) is 4.79 Å². The molecule has 3 rings (SSSR count). The van der Waals surface area contributed by atoms with E-state index < -0.39 is 5.92 Å². The van der Waals surface area contributed by atoms with Gasteiger partial charge in [0.15, 0.2) is 11.5 Å². The lowest BCUT2D eigenvalue weighted by molar-refractivity contribution is -0.118. The number of carbonyl (C=O) groups excluding carboxylic acids is 1. The monoisotopic (exact) mass is 508 g/mol. The minimum absolute atomic E-state index is 0.0640. The number of nitriles is 1. The van der Waals surface area contributed by atoms with Crippen LogP contribution < -0.4 is 14.8 Å². The lowest BCUT2D eigenvalue weighted by Crippen LogP contribution is -2.37. The fourth-order valence-corrected chi connectivity index (χ4v) is 5.75. The van der Waals surface area contributed by atoms with Gasteiger partial charge in [-0.05, 0) is 56.7 Å². The Labute approximate surface area is 182 Å². The molecule has 0 saturated carbocycles. The van der Waals surface area contributed by atoms with Crippen molar-refractivity contribution in [2.45, 2.75) is 39.5 Å². The summed E-state index contributed by atoms with van der Waals surface area (Å²) < 4.78 is 12.5. The molecule has 7 heteroatoms. The van der Waals surface area contributed by atoms with E-state index in [4.69, 9.17) is 9.47 Å². The number of nitrogens with zero attached hydrogens (tertiary/aromatic N) is 1. The summed E-state index contributed by atoms with van der Waals surface area (Å²) in [5.41, 5.74) is 3.47. The summed E-state index contributed by atoms with van der Waals surface area (Å²) in [6, 6.07) is 4.18. The molecule has 0 amide bonds. The standard InChI is InChI=1S/C21H22Br2N2O3/c1-10-12(9-24)16(17-14(25-10)7-21(2,3)8-15(17)26)11-6-13(22)20(28-5)18(23)19(11)27-4/h6,16,25H,7-8H2,1-5H3/t16-/m0/s1. The molecule has 0 radical (unpaired) electrons. The van der Waals surface area contributed by atoms with Gasteiger partial charge in [0.2, 0.25) is 0 Å². The van der Waals surface area contributed by atoms with Gasteiger partial charge in [-0.25, -0.2) is 0 Å². The number of ketones is 1. The van der Waals surface area contributed by atoms with Gasteiger partial charge in [-0.3, -0.25) is 4.79 Å². The smallest absolute Gasteiger partial charge is 0.162 e. The van der Waals surface area contributed by atoms with Gasteiger partial charge in [0.25, 0.3) is 0 Å². The van der Waals surface area contributed by atoms with Crippen LogP contribution in [0.3, 0.4) is 0 Å². The van der Waals surface area contributed by atoms with E-state index in [1.54, 1.807) is 14.2 Å². The predicted molar refractivity (Wildman–Crippen MR) is 114 cm³/mol. The molecule has 148 valence electrons. The van der Waals surface area contributed by atoms with Gasteiger partial charge in [0.1, 0.15) is 10.2 Å². The maximum absolute atomic E-state index is 13.2. The second kappa shape index (κ2) is 7.57. The first-order valence-electron chi connectivity index (χ1n) is 8.89. The number of carbonyl (C=O) groups is 1. The van der Waals surface area contributed by atoms with Crippen molar-refractivity contribution in [3.8, 4) is 17.6 Å². The van der Waals surface area contributed by atoms with Crippen molar-refractivity contribution in [3.63, 3.8) is 0 Å². The molecule has 1 aromatic rings. The van der Waals surface area contributed by atoms with E-state index >= 15 is 0 Å². The van der Waals surface area contributed by atoms with Crippen LogP contribution in [0.1, 0.15) is 45.1 Å². The Balaban J connectivity index is 2.32. The summed E-state index contributed by atoms with van der Waals surface area (Å²) in [4.78, 5) is 13.2. The Morgan fingerprint density at radius 2 is 1.86 bits per heavy atom. The Bertz CT molecular complexity index is 971. The summed E-state index contributed by atoms with van der Waals surface area (Å²) in [5, 5.41) is 13.2. The Kier molecular flexibility index (Phi) is 5.66. The highest BCUT2D eigenvalue weighted by atomic mass is 79.9. The Hall–Kier alpha value is -1.78. The molecule has 5 nitrogen and oxygen atoms in total. The number of allylic oxidation sites excluding steroid dienone is 4. The van der Waals surface area contributed by atoms with Crippen molar-refractivity contribution in [3.05, 3.63) is 43.1 Å². The summed E-state index contributed by atoms with van der Waals surface area (Å²) >= 11 is 7.09. The number of benzene rings is 1. The van der Waals surface area contributed by atoms with Crippen molar-refractivity contribution < 1.29 is 14.3 Å². The highest BCUT2D eigenvalue weighted by molar-refractivity contribution is 9.11. The fourth-order valence-electron chi connectivity index (χ4n) is 4.11. The maximum Gasteiger partial charge on any atom is 0.162 e. The predicted octanol–water partition coefficient (Wildman–Crippen LogP) is 5.36. The van der Waals surface area contributed by atoms with Gasteiger partial charge in [0, 0.05) is 29.0 Å². The fraction of sp³-hybridized carbons (Fsp3) is 0.429. The van der Waals surface area contributed by atoms with Gasteiger partial charge < -0.3 is 14.8 Å². The van der Waals surface area contributed by atoms with Crippen LogP contribution in [0, 0.1) is 16.7 Å². The number of dihydropyridines is 1. The zero-order valence-corrected chi connectivity index (χ0v) is 19.7. The molecule has 0 unspecified atom stereocenters. The molecule has 0 saturated heterocycles. The lowest BCUT2D eigenvalue weighted by atomic mass is 9.68. The summed E-state index contributed by atoms with van der Waals surface area (Å²) in [5.74, 6) is 0.725. The summed E-state index contributed by atoms with van der Waals surface area (Å²) in [7, 11) is 3.15. The largest absolute Gasteiger partial charge is 0.495 e. The van der Waals surface area contributed by atoms with Gasteiger partial charge in [0.05, 0.1) is 36.3 Å². The van der Waals surface area contributed by atoms with Gasteiger partial charge >= 0.3 is 0 Å². The summed E-state index contributed by atoms with van der Waals surface area (Å²) in [6.07, 6.45) is 1.20. The van der Waals surface area contributed by atoms with Crippen molar-refractivity contribution in [2.24, 2.45) is 5.41 Å². The number of methoxy groups -OCH3 is 2. The zero-order valence-electron chi connectivity index (χ0n) is 16.5. The molecule has 2 aliphatic rings. The van der Waals surface area contributed by atoms with Crippen LogP contribution in [0.25, 0.3) is 0 Å². The SMILES string of the molecule is COc1c(Br)cc([C@H]2C(C#N)=C(C)NC3=C2C(=O)CC(C)(C)C3)c(OC)c1Br. The van der Waals surface area contributed by atoms with Gasteiger partial charge in [-0.2, -0.15) is 5.26 Å². The number of nitrogens with one attached hydrogen (secondary N) is 1. The highest BCUT2D eigenvalue weighted by Crippen LogP contribution is 2.52. The number of rotatable bonds is 3. The van der Waals surface area contributed by atoms with Gasteiger partial charge in [-0.15, -0.1) is 0 Å². The third-order valence-electron chi connectivity index (χ3n) is 5.24. The van der Waals surface area contributed by atoms with E-state index in [1.165, 1.54) is 0 Å². The van der Waals surface area contributed by atoms with Crippen molar-refractivity contribution >= 4 is 37.6 Å². The normalized spacial score (nSPS) is 21.1. The topological polar surface area (TPSA) is 71.3 Å². The highest BCUT2D eigenvalue weighted by Gasteiger charge is 2.42. The minimum Gasteiger partial charge on any atom is -0.495 e. The molecular weight excluding hydrogens is 488 g/mol. The third-order valence-corrected chi connectivity index (χ3v) is 6.55. The van der Waals surface area contributed by atoms with Crippen molar-refractivity contribution in [1.82, 2.24) is 5.32 Å². The first-order chi connectivity index (χ1) is 13.1. The average Bonchev–Trinajstić information content (AvgIpc) is 2.59. The Morgan fingerprint density at radius 3 is 2.43 bits per heavy atom. The molecule has 0 fully saturated rings. The van der Waals surface area contributed by atoms with Crippen molar-refractivity contribution in [2.75, 3.05) is 14.2 Å². The van der Waals surface area contributed by atoms with Crippen LogP contribution in [0.5, 0.6) is 11.5 Å². The lowest BCUT2D eigenvalue weighted by Gasteiger charge is -2.39. The second-order valence-corrected chi connectivity index (χ2v) is 9.52. The molecular formula is C21H22Br2N2O3. The minimum atomic E-state index is -0.488. The van der Waals surface area contributed by atoms with E-state index in [0.29, 0.717) is 33.5 Å². The summed E-state index contributed by atoms with van der Waals surface area (Å²) in [6.45, 7) is 6.05. The van der Waals surface area contributed by atoms with E-state index in [1.807, 2.05) is 13.0 Å². The van der Waals surface area contributed by atoms with Crippen LogP contribution in [-0.4, -0.2) is 20.0 Å². The number of Topliss-reactive ketones (excluding diaryl/α,β-unsaturated/α-hetero) is 1. The van der Waals surface area contributed by atoms with E-state index in [9.17, 15) is 10.1 Å². The maximum atomic E-state index is 13.2. The molecule has 0 bridgehead atoms.